The van der Waals surface area contributed by atoms with Gasteiger partial charge in [0.25, 0.3) is 0 Å². The second-order valence-corrected chi connectivity index (χ2v) is 9.29. The number of hydrogen-bond donors (Lipinski definition) is 0. The molecule has 3 nitrogen and oxygen atoms in total. The highest BCUT2D eigenvalue weighted by molar-refractivity contribution is 5.59. The predicted molar refractivity (Wildman–Crippen MR) is 137 cm³/mol. The molecule has 0 aliphatic carbocycles. The van der Waals surface area contributed by atoms with Crippen molar-refractivity contribution in [3.63, 3.8) is 0 Å². The van der Waals surface area contributed by atoms with Crippen LogP contribution in [0.25, 0.3) is 11.3 Å². The Balaban J connectivity index is 1.66. The van der Waals surface area contributed by atoms with E-state index in [-0.39, 0.29) is 6.10 Å². The molecule has 0 radical (unpaired) electrons. The first-order valence-corrected chi connectivity index (χ1v) is 13.3. The highest BCUT2D eigenvalue weighted by Crippen LogP contribution is 2.22. The van der Waals surface area contributed by atoms with Gasteiger partial charge in [0.05, 0.1) is 17.5 Å². The quantitative estimate of drug-likeness (QED) is 0.218. The topological polar surface area (TPSA) is 35.0 Å². The largest absolute Gasteiger partial charge is 0.491 e. The molecule has 1 aromatic carbocycles. The van der Waals surface area contributed by atoms with Gasteiger partial charge in [-0.1, -0.05) is 84.5 Å². The van der Waals surface area contributed by atoms with Gasteiger partial charge in [0.2, 0.25) is 0 Å². The van der Waals surface area contributed by atoms with Gasteiger partial charge >= 0.3 is 0 Å². The highest BCUT2D eigenvalue weighted by atomic mass is 16.5. The van der Waals surface area contributed by atoms with Crippen LogP contribution in [0.15, 0.2) is 36.4 Å². The summed E-state index contributed by atoms with van der Waals surface area (Å²) >= 11 is 0. The maximum atomic E-state index is 6.07. The van der Waals surface area contributed by atoms with E-state index in [1.54, 1.807) is 0 Å². The lowest BCUT2D eigenvalue weighted by Gasteiger charge is -2.15. The Morgan fingerprint density at radius 1 is 0.656 bits per heavy atom. The van der Waals surface area contributed by atoms with Crippen molar-refractivity contribution in [3.05, 3.63) is 42.1 Å². The fourth-order valence-electron chi connectivity index (χ4n) is 4.12. The second-order valence-electron chi connectivity index (χ2n) is 9.29. The third-order valence-corrected chi connectivity index (χ3v) is 6.21. The SMILES string of the molecule is CCCCCCCCCCCc1ccc(-c2ccc(OC(C)CCCCCC)cc2)nn1. The first-order chi connectivity index (χ1) is 15.7. The average Bonchev–Trinajstić information content (AvgIpc) is 2.82. The van der Waals surface area contributed by atoms with E-state index in [0.29, 0.717) is 0 Å². The lowest BCUT2D eigenvalue weighted by molar-refractivity contribution is 0.206. The standard InChI is InChI=1S/C29H46N2O/c1-4-6-8-10-11-12-13-14-16-18-27-21-24-29(31-30-27)26-19-22-28(23-20-26)32-25(3)17-15-9-7-5-2/h19-25H,4-18H2,1-3H3. The molecule has 0 saturated heterocycles. The van der Waals surface area contributed by atoms with E-state index in [0.717, 1.165) is 35.5 Å². The molecular weight excluding hydrogens is 392 g/mol. The third-order valence-electron chi connectivity index (χ3n) is 6.21. The number of aromatic nitrogens is 2. The van der Waals surface area contributed by atoms with Crippen LogP contribution in [-0.4, -0.2) is 16.3 Å². The minimum absolute atomic E-state index is 0.262. The van der Waals surface area contributed by atoms with Gasteiger partial charge in [-0.2, -0.15) is 10.2 Å². The molecular formula is C29H46N2O. The Hall–Kier alpha value is -1.90. The predicted octanol–water partition coefficient (Wildman–Crippen LogP) is 8.95. The first kappa shape index (κ1) is 26.4. The highest BCUT2D eigenvalue weighted by Gasteiger charge is 2.06. The Labute approximate surface area is 197 Å². The summed E-state index contributed by atoms with van der Waals surface area (Å²) < 4.78 is 6.07. The van der Waals surface area contributed by atoms with Gasteiger partial charge in [-0.15, -0.1) is 0 Å². The maximum absolute atomic E-state index is 6.07. The Morgan fingerprint density at radius 3 is 1.84 bits per heavy atom. The summed E-state index contributed by atoms with van der Waals surface area (Å²) in [5.74, 6) is 0.937. The Morgan fingerprint density at radius 2 is 1.25 bits per heavy atom. The molecule has 1 aromatic heterocycles. The number of unbranched alkanes of at least 4 members (excludes halogenated alkanes) is 11. The zero-order chi connectivity index (χ0) is 22.9. The molecule has 0 aliphatic heterocycles. The van der Waals surface area contributed by atoms with E-state index in [1.165, 1.54) is 83.5 Å². The Bertz CT molecular complexity index is 696. The number of aryl methyl sites for hydroxylation is 1. The monoisotopic (exact) mass is 438 g/mol. The van der Waals surface area contributed by atoms with Crippen molar-refractivity contribution in [2.24, 2.45) is 0 Å². The molecule has 0 spiro atoms. The maximum Gasteiger partial charge on any atom is 0.119 e. The molecule has 178 valence electrons. The molecule has 2 aromatic rings. The molecule has 0 fully saturated rings. The first-order valence-electron chi connectivity index (χ1n) is 13.3. The zero-order valence-electron chi connectivity index (χ0n) is 21.0. The molecule has 0 amide bonds. The van der Waals surface area contributed by atoms with Crippen molar-refractivity contribution in [2.45, 2.75) is 123 Å². The van der Waals surface area contributed by atoms with Crippen LogP contribution in [-0.2, 0) is 6.42 Å². The van der Waals surface area contributed by atoms with Crippen molar-refractivity contribution in [1.82, 2.24) is 10.2 Å². The molecule has 3 heteroatoms. The van der Waals surface area contributed by atoms with E-state index in [2.05, 4.69) is 67.4 Å². The fraction of sp³-hybridized carbons (Fsp3) is 0.655. The van der Waals surface area contributed by atoms with Crippen LogP contribution in [0.3, 0.4) is 0 Å². The molecule has 1 atom stereocenters. The second kappa shape index (κ2) is 16.7. The van der Waals surface area contributed by atoms with Crippen LogP contribution in [0.4, 0.5) is 0 Å². The van der Waals surface area contributed by atoms with Crippen molar-refractivity contribution < 1.29 is 4.74 Å². The van der Waals surface area contributed by atoms with Gasteiger partial charge in [0.15, 0.2) is 0 Å². The molecule has 1 heterocycles. The molecule has 0 aliphatic rings. The van der Waals surface area contributed by atoms with E-state index in [1.807, 2.05) is 0 Å². The molecule has 32 heavy (non-hydrogen) atoms. The normalized spacial score (nSPS) is 12.1. The summed E-state index contributed by atoms with van der Waals surface area (Å²) in [5, 5.41) is 8.92. The van der Waals surface area contributed by atoms with E-state index < -0.39 is 0 Å². The van der Waals surface area contributed by atoms with Crippen molar-refractivity contribution in [2.75, 3.05) is 0 Å². The average molecular weight is 439 g/mol. The van der Waals surface area contributed by atoms with E-state index in [9.17, 15) is 0 Å². The van der Waals surface area contributed by atoms with E-state index >= 15 is 0 Å². The van der Waals surface area contributed by atoms with Crippen LogP contribution in [0, 0.1) is 0 Å². The van der Waals surface area contributed by atoms with Gasteiger partial charge in [-0.25, -0.2) is 0 Å². The van der Waals surface area contributed by atoms with Gasteiger partial charge in [0.1, 0.15) is 5.75 Å². The molecule has 0 N–H and O–H groups in total. The zero-order valence-corrected chi connectivity index (χ0v) is 21.0. The summed E-state index contributed by atoms with van der Waals surface area (Å²) in [6.45, 7) is 6.69. The number of ether oxygens (including phenoxy) is 1. The number of hydrogen-bond acceptors (Lipinski definition) is 3. The van der Waals surface area contributed by atoms with Crippen LogP contribution >= 0.6 is 0 Å². The summed E-state index contributed by atoms with van der Waals surface area (Å²) in [4.78, 5) is 0. The number of benzene rings is 1. The summed E-state index contributed by atoms with van der Waals surface area (Å²) in [6.07, 6.45) is 19.7. The van der Waals surface area contributed by atoms with Gasteiger partial charge in [0, 0.05) is 5.56 Å². The molecule has 0 saturated carbocycles. The van der Waals surface area contributed by atoms with Crippen molar-refractivity contribution >= 4 is 0 Å². The lowest BCUT2D eigenvalue weighted by Crippen LogP contribution is -2.11. The molecule has 1 unspecified atom stereocenters. The summed E-state index contributed by atoms with van der Waals surface area (Å²) in [5.41, 5.74) is 3.13. The molecule has 2 rings (SSSR count). The molecule has 0 bridgehead atoms. The van der Waals surface area contributed by atoms with E-state index in [4.69, 9.17) is 4.74 Å². The van der Waals surface area contributed by atoms with Gasteiger partial charge in [-0.05, 0) is 69.0 Å². The Kier molecular flexibility index (Phi) is 13.7. The summed E-state index contributed by atoms with van der Waals surface area (Å²) in [6, 6.07) is 12.5. The van der Waals surface area contributed by atoms with Gasteiger partial charge in [-0.3, -0.25) is 0 Å². The summed E-state index contributed by atoms with van der Waals surface area (Å²) in [7, 11) is 0. The van der Waals surface area contributed by atoms with Crippen LogP contribution in [0.1, 0.15) is 116 Å². The van der Waals surface area contributed by atoms with Crippen LogP contribution < -0.4 is 4.74 Å². The minimum Gasteiger partial charge on any atom is -0.491 e. The lowest BCUT2D eigenvalue weighted by atomic mass is 10.1. The number of nitrogens with zero attached hydrogens (tertiary/aromatic N) is 2. The van der Waals surface area contributed by atoms with Crippen molar-refractivity contribution in [3.8, 4) is 17.0 Å². The van der Waals surface area contributed by atoms with Crippen LogP contribution in [0.5, 0.6) is 5.75 Å². The number of rotatable bonds is 18. The minimum atomic E-state index is 0.262. The smallest absolute Gasteiger partial charge is 0.119 e. The third kappa shape index (κ3) is 11.1. The van der Waals surface area contributed by atoms with Crippen molar-refractivity contribution in [1.29, 1.82) is 0 Å². The van der Waals surface area contributed by atoms with Crippen LogP contribution in [0.2, 0.25) is 0 Å². The fourth-order valence-corrected chi connectivity index (χ4v) is 4.12. The van der Waals surface area contributed by atoms with Gasteiger partial charge < -0.3 is 4.74 Å².